The third-order valence-electron chi connectivity index (χ3n) is 3.20. The largest absolute Gasteiger partial charge is 0.289 e. The first-order chi connectivity index (χ1) is 7.33. The summed E-state index contributed by atoms with van der Waals surface area (Å²) in [6.07, 6.45) is 7.89. The maximum absolute atomic E-state index is 12.2. The molecule has 84 valence electrons. The van der Waals surface area contributed by atoms with Gasteiger partial charge in [-0.2, -0.15) is 0 Å². The number of nitrogens with zero attached hydrogens (tertiary/aromatic N) is 2. The van der Waals surface area contributed by atoms with Crippen LogP contribution < -0.4 is 0 Å². The molecule has 0 aromatic heterocycles. The average molecular weight is 226 g/mol. The van der Waals surface area contributed by atoms with Gasteiger partial charge in [-0.05, 0) is 19.1 Å². The summed E-state index contributed by atoms with van der Waals surface area (Å²) in [6.45, 7) is 1.58. The molecule has 0 aromatic rings. The van der Waals surface area contributed by atoms with Gasteiger partial charge in [0.05, 0.1) is 6.54 Å². The van der Waals surface area contributed by atoms with Gasteiger partial charge >= 0.3 is 0 Å². The SMILES string of the molecule is CSC1=NCCN1C(=O)C1CCCCC1. The number of carbonyl (C=O) groups is 1. The molecule has 0 radical (unpaired) electrons. The van der Waals surface area contributed by atoms with E-state index in [9.17, 15) is 4.79 Å². The summed E-state index contributed by atoms with van der Waals surface area (Å²) in [4.78, 5) is 18.4. The van der Waals surface area contributed by atoms with Crippen molar-refractivity contribution in [3.63, 3.8) is 0 Å². The Kier molecular flexibility index (Phi) is 3.67. The minimum Gasteiger partial charge on any atom is -0.289 e. The molecule has 0 aromatic carbocycles. The zero-order chi connectivity index (χ0) is 10.7. The van der Waals surface area contributed by atoms with Crippen molar-refractivity contribution < 1.29 is 4.79 Å². The zero-order valence-corrected chi connectivity index (χ0v) is 10.1. The molecule has 0 saturated heterocycles. The smallest absolute Gasteiger partial charge is 0.231 e. The van der Waals surface area contributed by atoms with Crippen molar-refractivity contribution in [2.75, 3.05) is 19.3 Å². The van der Waals surface area contributed by atoms with Crippen LogP contribution in [0.3, 0.4) is 0 Å². The minimum absolute atomic E-state index is 0.272. The van der Waals surface area contributed by atoms with Gasteiger partial charge < -0.3 is 0 Å². The first kappa shape index (κ1) is 11.0. The van der Waals surface area contributed by atoms with E-state index in [1.165, 1.54) is 19.3 Å². The van der Waals surface area contributed by atoms with Crippen LogP contribution in [0.25, 0.3) is 0 Å². The number of thioether (sulfide) groups is 1. The van der Waals surface area contributed by atoms with Crippen molar-refractivity contribution in [1.29, 1.82) is 0 Å². The Morgan fingerprint density at radius 1 is 1.40 bits per heavy atom. The lowest BCUT2D eigenvalue weighted by Gasteiger charge is -2.26. The molecular weight excluding hydrogens is 208 g/mol. The van der Waals surface area contributed by atoms with Crippen LogP contribution in [0.2, 0.25) is 0 Å². The molecule has 1 aliphatic carbocycles. The molecule has 4 heteroatoms. The van der Waals surface area contributed by atoms with E-state index in [0.717, 1.165) is 31.1 Å². The molecular formula is C11H18N2OS. The zero-order valence-electron chi connectivity index (χ0n) is 9.24. The van der Waals surface area contributed by atoms with E-state index in [1.807, 2.05) is 11.2 Å². The predicted octanol–water partition coefficient (Wildman–Crippen LogP) is 2.13. The van der Waals surface area contributed by atoms with Crippen LogP contribution in [-0.4, -0.2) is 35.3 Å². The Morgan fingerprint density at radius 2 is 2.13 bits per heavy atom. The Balaban J connectivity index is 1.97. The average Bonchev–Trinajstić information content (AvgIpc) is 2.77. The molecule has 2 rings (SSSR count). The normalized spacial score (nSPS) is 23.0. The van der Waals surface area contributed by atoms with Crippen LogP contribution in [0.4, 0.5) is 0 Å². The number of aliphatic imine (C=N–C) groups is 1. The Hall–Kier alpha value is -0.510. The minimum atomic E-state index is 0.272. The third-order valence-corrected chi connectivity index (χ3v) is 3.92. The van der Waals surface area contributed by atoms with Gasteiger partial charge in [-0.15, -0.1) is 0 Å². The molecule has 0 N–H and O–H groups in total. The molecule has 2 aliphatic rings. The quantitative estimate of drug-likeness (QED) is 0.686. The van der Waals surface area contributed by atoms with E-state index in [1.54, 1.807) is 11.8 Å². The molecule has 1 heterocycles. The van der Waals surface area contributed by atoms with Crippen LogP contribution in [0, 0.1) is 5.92 Å². The lowest BCUT2D eigenvalue weighted by atomic mass is 9.88. The van der Waals surface area contributed by atoms with Gasteiger partial charge in [0.25, 0.3) is 0 Å². The van der Waals surface area contributed by atoms with Crippen LogP contribution in [0.5, 0.6) is 0 Å². The monoisotopic (exact) mass is 226 g/mol. The highest BCUT2D eigenvalue weighted by Crippen LogP contribution is 2.27. The molecule has 1 saturated carbocycles. The fraction of sp³-hybridized carbons (Fsp3) is 0.818. The van der Waals surface area contributed by atoms with Crippen molar-refractivity contribution in [2.45, 2.75) is 32.1 Å². The summed E-state index contributed by atoms with van der Waals surface area (Å²) in [5.74, 6) is 0.592. The summed E-state index contributed by atoms with van der Waals surface area (Å²) in [7, 11) is 0. The van der Waals surface area contributed by atoms with Gasteiger partial charge in [-0.3, -0.25) is 14.7 Å². The van der Waals surface area contributed by atoms with Gasteiger partial charge in [-0.25, -0.2) is 0 Å². The molecule has 1 amide bonds. The number of rotatable bonds is 1. The van der Waals surface area contributed by atoms with Gasteiger partial charge in [0.2, 0.25) is 5.91 Å². The second-order valence-electron chi connectivity index (χ2n) is 4.19. The molecule has 3 nitrogen and oxygen atoms in total. The van der Waals surface area contributed by atoms with E-state index in [0.29, 0.717) is 5.91 Å². The maximum atomic E-state index is 12.2. The fourth-order valence-electron chi connectivity index (χ4n) is 2.38. The van der Waals surface area contributed by atoms with Gasteiger partial charge in [0.15, 0.2) is 5.17 Å². The molecule has 0 spiro atoms. The van der Waals surface area contributed by atoms with Gasteiger partial charge in [0, 0.05) is 12.5 Å². The first-order valence-electron chi connectivity index (χ1n) is 5.72. The van der Waals surface area contributed by atoms with Crippen molar-refractivity contribution in [3.8, 4) is 0 Å². The molecule has 15 heavy (non-hydrogen) atoms. The first-order valence-corrected chi connectivity index (χ1v) is 6.95. The topological polar surface area (TPSA) is 32.7 Å². The second-order valence-corrected chi connectivity index (χ2v) is 4.97. The van der Waals surface area contributed by atoms with Crippen LogP contribution in [0.15, 0.2) is 4.99 Å². The number of carbonyl (C=O) groups excluding carboxylic acids is 1. The number of amides is 1. The summed E-state index contributed by atoms with van der Waals surface area (Å²) >= 11 is 1.59. The Labute approximate surface area is 95.3 Å². The van der Waals surface area contributed by atoms with E-state index >= 15 is 0 Å². The lowest BCUT2D eigenvalue weighted by molar-refractivity contribution is -0.132. The van der Waals surface area contributed by atoms with Crippen molar-refractivity contribution >= 4 is 22.8 Å². The van der Waals surface area contributed by atoms with Crippen LogP contribution in [0.1, 0.15) is 32.1 Å². The molecule has 0 bridgehead atoms. The Morgan fingerprint density at radius 3 is 2.80 bits per heavy atom. The summed E-state index contributed by atoms with van der Waals surface area (Å²) in [6, 6.07) is 0. The molecule has 0 atom stereocenters. The molecule has 1 fully saturated rings. The summed E-state index contributed by atoms with van der Waals surface area (Å²) < 4.78 is 0. The van der Waals surface area contributed by atoms with Gasteiger partial charge in [0.1, 0.15) is 0 Å². The van der Waals surface area contributed by atoms with Crippen molar-refractivity contribution in [3.05, 3.63) is 0 Å². The highest BCUT2D eigenvalue weighted by molar-refractivity contribution is 8.13. The standard InChI is InChI=1S/C11H18N2OS/c1-15-11-12-7-8-13(11)10(14)9-5-3-2-4-6-9/h9H,2-8H2,1H3. The maximum Gasteiger partial charge on any atom is 0.231 e. The van der Waals surface area contributed by atoms with E-state index in [2.05, 4.69) is 4.99 Å². The van der Waals surface area contributed by atoms with Gasteiger partial charge in [-0.1, -0.05) is 31.0 Å². The number of hydrogen-bond acceptors (Lipinski definition) is 3. The number of hydrogen-bond donors (Lipinski definition) is 0. The Bertz CT molecular complexity index is 272. The second kappa shape index (κ2) is 5.01. The highest BCUT2D eigenvalue weighted by atomic mass is 32.2. The van der Waals surface area contributed by atoms with E-state index < -0.39 is 0 Å². The summed E-state index contributed by atoms with van der Waals surface area (Å²) in [5.41, 5.74) is 0. The third kappa shape index (κ3) is 2.36. The highest BCUT2D eigenvalue weighted by Gasteiger charge is 2.30. The lowest BCUT2D eigenvalue weighted by Crippen LogP contribution is -2.38. The summed E-state index contributed by atoms with van der Waals surface area (Å²) in [5, 5.41) is 0.922. The predicted molar refractivity (Wildman–Crippen MR) is 64.1 cm³/mol. The molecule has 0 unspecified atom stereocenters. The van der Waals surface area contributed by atoms with Crippen LogP contribution >= 0.6 is 11.8 Å². The van der Waals surface area contributed by atoms with Crippen LogP contribution in [-0.2, 0) is 4.79 Å². The molecule has 1 aliphatic heterocycles. The fourth-order valence-corrected chi connectivity index (χ4v) is 3.00. The van der Waals surface area contributed by atoms with E-state index in [4.69, 9.17) is 0 Å². The number of amidine groups is 1. The van der Waals surface area contributed by atoms with E-state index in [-0.39, 0.29) is 5.92 Å². The van der Waals surface area contributed by atoms with Crippen molar-refractivity contribution in [1.82, 2.24) is 4.90 Å². The van der Waals surface area contributed by atoms with Crippen molar-refractivity contribution in [2.24, 2.45) is 10.9 Å².